The molecule has 2 aliphatic heterocycles. The van der Waals surface area contributed by atoms with Crippen molar-refractivity contribution in [1.82, 2.24) is 19.8 Å². The third-order valence-electron chi connectivity index (χ3n) is 5.71. The summed E-state index contributed by atoms with van der Waals surface area (Å²) in [5.41, 5.74) is 0.447. The number of aromatic nitrogens is 2. The molecule has 2 saturated heterocycles. The predicted octanol–water partition coefficient (Wildman–Crippen LogP) is 3.55. The number of carbonyl (C=O) groups is 1. The summed E-state index contributed by atoms with van der Waals surface area (Å²) in [5.74, 6) is 0.109. The molecule has 0 N–H and O–H groups in total. The van der Waals surface area contributed by atoms with Gasteiger partial charge in [-0.1, -0.05) is 12.1 Å². The molecule has 4 rings (SSSR count). The number of rotatable bonds is 4. The Labute approximate surface area is 179 Å². The van der Waals surface area contributed by atoms with Crippen LogP contribution in [0.3, 0.4) is 0 Å². The predicted molar refractivity (Wildman–Crippen MR) is 108 cm³/mol. The first-order chi connectivity index (χ1) is 14.9. The summed E-state index contributed by atoms with van der Waals surface area (Å²) < 4.78 is 45.4. The van der Waals surface area contributed by atoms with Crippen LogP contribution in [0.15, 0.2) is 36.7 Å². The number of hydrogen-bond acceptors (Lipinski definition) is 5. The molecule has 2 aromatic rings. The maximum Gasteiger partial charge on any atom is 0.416 e. The molecule has 1 aromatic heterocycles. The smallest absolute Gasteiger partial charge is 0.369 e. The van der Waals surface area contributed by atoms with E-state index in [1.807, 2.05) is 9.80 Å². The van der Waals surface area contributed by atoms with Crippen molar-refractivity contribution in [1.29, 1.82) is 0 Å². The number of ether oxygens (including phenoxy) is 1. The van der Waals surface area contributed by atoms with Crippen molar-refractivity contribution in [2.24, 2.45) is 0 Å². The molecule has 2 fully saturated rings. The summed E-state index contributed by atoms with van der Waals surface area (Å²) in [5, 5.41) is 0. The number of carbonyl (C=O) groups excluding carboxylic acids is 1. The Morgan fingerprint density at radius 1 is 1.10 bits per heavy atom. The van der Waals surface area contributed by atoms with Crippen molar-refractivity contribution < 1.29 is 22.7 Å². The largest absolute Gasteiger partial charge is 0.416 e. The van der Waals surface area contributed by atoms with Gasteiger partial charge in [0.2, 0.25) is 5.91 Å². The fourth-order valence-electron chi connectivity index (χ4n) is 4.10. The molecular weight excluding hydrogens is 409 g/mol. The quantitative estimate of drug-likeness (QED) is 0.737. The normalized spacial score (nSPS) is 20.6. The second-order valence-corrected chi connectivity index (χ2v) is 7.90. The monoisotopic (exact) mass is 434 g/mol. The van der Waals surface area contributed by atoms with Gasteiger partial charge in [0.25, 0.3) is 0 Å². The van der Waals surface area contributed by atoms with E-state index in [0.29, 0.717) is 43.2 Å². The molecule has 31 heavy (non-hydrogen) atoms. The molecule has 0 radical (unpaired) electrons. The number of amides is 1. The molecule has 1 atom stereocenters. The zero-order chi connectivity index (χ0) is 21.8. The fourth-order valence-corrected chi connectivity index (χ4v) is 4.10. The van der Waals surface area contributed by atoms with Crippen molar-refractivity contribution in [3.05, 3.63) is 47.9 Å². The van der Waals surface area contributed by atoms with Crippen LogP contribution in [0.25, 0.3) is 11.3 Å². The van der Waals surface area contributed by atoms with Gasteiger partial charge in [-0.2, -0.15) is 13.2 Å². The first-order valence-electron chi connectivity index (χ1n) is 10.5. The van der Waals surface area contributed by atoms with Crippen LogP contribution in [0.1, 0.15) is 36.6 Å². The summed E-state index contributed by atoms with van der Waals surface area (Å²) in [7, 11) is 0. The number of halogens is 3. The second-order valence-electron chi connectivity index (χ2n) is 7.90. The topological polar surface area (TPSA) is 58.6 Å². The third-order valence-corrected chi connectivity index (χ3v) is 5.71. The minimum Gasteiger partial charge on any atom is -0.369 e. The van der Waals surface area contributed by atoms with Crippen molar-refractivity contribution in [2.45, 2.75) is 31.5 Å². The van der Waals surface area contributed by atoms with Gasteiger partial charge in [0, 0.05) is 44.1 Å². The number of piperidine rings is 1. The summed E-state index contributed by atoms with van der Waals surface area (Å²) in [6.07, 6.45) is 1.29. The van der Waals surface area contributed by atoms with E-state index < -0.39 is 17.8 Å². The standard InChI is InChI=1S/C22H25F3N4O2/c23-22(24,25)17-6-4-5-16(13-17)20-21(27-8-7-26-20)18-14-28(11-12-31-18)15-19(30)29-9-2-1-3-10-29/h4-8,13,18H,1-3,9-12,14-15H2. The van der Waals surface area contributed by atoms with Crippen LogP contribution in [0.5, 0.6) is 0 Å². The van der Waals surface area contributed by atoms with E-state index in [9.17, 15) is 18.0 Å². The maximum absolute atomic E-state index is 13.2. The lowest BCUT2D eigenvalue weighted by Crippen LogP contribution is -2.47. The Balaban J connectivity index is 1.52. The minimum atomic E-state index is -4.44. The lowest BCUT2D eigenvalue weighted by atomic mass is 10.0. The van der Waals surface area contributed by atoms with E-state index in [-0.39, 0.29) is 5.91 Å². The van der Waals surface area contributed by atoms with Crippen molar-refractivity contribution >= 4 is 5.91 Å². The van der Waals surface area contributed by atoms with Gasteiger partial charge in [0.05, 0.1) is 30.1 Å². The molecule has 0 bridgehead atoms. The number of alkyl halides is 3. The van der Waals surface area contributed by atoms with E-state index in [1.165, 1.54) is 18.5 Å². The molecule has 1 amide bonds. The number of hydrogen-bond donors (Lipinski definition) is 0. The van der Waals surface area contributed by atoms with Crippen LogP contribution in [0.2, 0.25) is 0 Å². The lowest BCUT2D eigenvalue weighted by molar-refractivity contribution is -0.137. The zero-order valence-corrected chi connectivity index (χ0v) is 17.1. The summed E-state index contributed by atoms with van der Waals surface area (Å²) in [4.78, 5) is 25.3. The highest BCUT2D eigenvalue weighted by molar-refractivity contribution is 5.78. The third kappa shape index (κ3) is 5.22. The Kier molecular flexibility index (Phi) is 6.52. The van der Waals surface area contributed by atoms with Crippen molar-refractivity contribution in [3.63, 3.8) is 0 Å². The molecule has 2 aliphatic rings. The maximum atomic E-state index is 13.2. The molecular formula is C22H25F3N4O2. The molecule has 1 unspecified atom stereocenters. The lowest BCUT2D eigenvalue weighted by Gasteiger charge is -2.35. The van der Waals surface area contributed by atoms with Gasteiger partial charge in [0.15, 0.2) is 0 Å². The van der Waals surface area contributed by atoms with Gasteiger partial charge in [-0.25, -0.2) is 0 Å². The van der Waals surface area contributed by atoms with Gasteiger partial charge in [-0.15, -0.1) is 0 Å². The summed E-state index contributed by atoms with van der Waals surface area (Å²) >= 11 is 0. The average Bonchev–Trinajstić information content (AvgIpc) is 2.79. The average molecular weight is 434 g/mol. The summed E-state index contributed by atoms with van der Waals surface area (Å²) in [6, 6.07) is 5.06. The molecule has 0 aliphatic carbocycles. The van der Waals surface area contributed by atoms with Gasteiger partial charge in [-0.05, 0) is 31.4 Å². The Morgan fingerprint density at radius 3 is 2.65 bits per heavy atom. The first-order valence-corrected chi connectivity index (χ1v) is 10.5. The van der Waals surface area contributed by atoms with Crippen LogP contribution in [-0.4, -0.2) is 65.0 Å². The highest BCUT2D eigenvalue weighted by Crippen LogP contribution is 2.34. The van der Waals surface area contributed by atoms with E-state index >= 15 is 0 Å². The zero-order valence-electron chi connectivity index (χ0n) is 17.1. The SMILES string of the molecule is O=C(CN1CCOC(c2nccnc2-c2cccc(C(F)(F)F)c2)C1)N1CCCCC1. The van der Waals surface area contributed by atoms with Gasteiger partial charge < -0.3 is 9.64 Å². The first kappa shape index (κ1) is 21.7. The van der Waals surface area contributed by atoms with Crippen LogP contribution >= 0.6 is 0 Å². The molecule has 166 valence electrons. The Morgan fingerprint density at radius 2 is 1.87 bits per heavy atom. The van der Waals surface area contributed by atoms with Crippen LogP contribution in [0.4, 0.5) is 13.2 Å². The second kappa shape index (κ2) is 9.32. The number of likely N-dealkylation sites (tertiary alicyclic amines) is 1. The Hall–Kier alpha value is -2.52. The highest BCUT2D eigenvalue weighted by atomic mass is 19.4. The molecule has 9 heteroatoms. The molecule has 3 heterocycles. The molecule has 0 saturated carbocycles. The fraction of sp³-hybridized carbons (Fsp3) is 0.500. The van der Waals surface area contributed by atoms with Gasteiger partial charge >= 0.3 is 6.18 Å². The van der Waals surface area contributed by atoms with Gasteiger partial charge in [0.1, 0.15) is 6.10 Å². The van der Waals surface area contributed by atoms with Crippen molar-refractivity contribution in [2.75, 3.05) is 39.3 Å². The number of morpholine rings is 1. The summed E-state index contributed by atoms with van der Waals surface area (Å²) in [6.45, 7) is 3.38. The van der Waals surface area contributed by atoms with Crippen LogP contribution in [0, 0.1) is 0 Å². The highest BCUT2D eigenvalue weighted by Gasteiger charge is 2.32. The Bertz CT molecular complexity index is 916. The van der Waals surface area contributed by atoms with Crippen LogP contribution in [-0.2, 0) is 15.7 Å². The van der Waals surface area contributed by atoms with Crippen molar-refractivity contribution in [3.8, 4) is 11.3 Å². The molecule has 6 nitrogen and oxygen atoms in total. The van der Waals surface area contributed by atoms with E-state index in [4.69, 9.17) is 4.74 Å². The van der Waals surface area contributed by atoms with Crippen LogP contribution < -0.4 is 0 Å². The van der Waals surface area contributed by atoms with E-state index in [2.05, 4.69) is 9.97 Å². The van der Waals surface area contributed by atoms with Gasteiger partial charge in [-0.3, -0.25) is 19.7 Å². The molecule has 0 spiro atoms. The minimum absolute atomic E-state index is 0.109. The van der Waals surface area contributed by atoms with E-state index in [0.717, 1.165) is 44.5 Å². The number of benzene rings is 1. The number of nitrogens with zero attached hydrogens (tertiary/aromatic N) is 4. The molecule has 1 aromatic carbocycles. The van der Waals surface area contributed by atoms with E-state index in [1.54, 1.807) is 6.07 Å².